The highest BCUT2D eigenvalue weighted by atomic mass is 15.1. The Hall–Kier alpha value is -5.66. The van der Waals surface area contributed by atoms with Crippen LogP contribution in [0, 0.1) is 0 Å². The van der Waals surface area contributed by atoms with Crippen LogP contribution in [0.15, 0.2) is 164 Å². The van der Waals surface area contributed by atoms with Crippen LogP contribution in [0.1, 0.15) is 25.0 Å². The van der Waals surface area contributed by atoms with Gasteiger partial charge < -0.3 is 4.90 Å². The number of anilines is 3. The van der Waals surface area contributed by atoms with Crippen molar-refractivity contribution in [2.45, 2.75) is 19.3 Å². The van der Waals surface area contributed by atoms with Crippen molar-refractivity contribution in [3.63, 3.8) is 0 Å². The van der Waals surface area contributed by atoms with Gasteiger partial charge in [0.1, 0.15) is 0 Å². The molecular weight excluding hydrogens is 555 g/mol. The standard InChI is InChI=1S/C45H33N/c1-45(2)41-22-11-10-21-38(41)40-29-35(24-26-42(40)45)46(34-18-12-17-32(27-34)30-13-4-3-5-14-30)43-28-33-16-7-8-19-36(33)39-25-23-31-15-6-9-20-37(31)44(39)43/h3-29H,1-2H3. The molecular formula is C45H33N. The van der Waals surface area contributed by atoms with Gasteiger partial charge in [-0.15, -0.1) is 0 Å². The summed E-state index contributed by atoms with van der Waals surface area (Å²) < 4.78 is 0. The van der Waals surface area contributed by atoms with E-state index in [4.69, 9.17) is 0 Å². The third-order valence-electron chi connectivity index (χ3n) is 10.0. The first kappa shape index (κ1) is 26.7. The molecule has 0 saturated heterocycles. The molecule has 0 fully saturated rings. The molecule has 9 rings (SSSR count). The van der Waals surface area contributed by atoms with Gasteiger partial charge in [0.15, 0.2) is 0 Å². The molecule has 0 radical (unpaired) electrons. The number of hydrogen-bond donors (Lipinski definition) is 0. The van der Waals surface area contributed by atoms with E-state index in [1.807, 2.05) is 0 Å². The molecule has 0 atom stereocenters. The minimum atomic E-state index is -0.0473. The van der Waals surface area contributed by atoms with E-state index in [-0.39, 0.29) is 5.41 Å². The van der Waals surface area contributed by atoms with Gasteiger partial charge in [-0.05, 0) is 90.6 Å². The van der Waals surface area contributed by atoms with Crippen molar-refractivity contribution in [1.82, 2.24) is 0 Å². The second-order valence-electron chi connectivity index (χ2n) is 13.0. The molecule has 8 aromatic rings. The monoisotopic (exact) mass is 587 g/mol. The van der Waals surface area contributed by atoms with E-state index >= 15 is 0 Å². The summed E-state index contributed by atoms with van der Waals surface area (Å²) in [5.41, 5.74) is 11.3. The van der Waals surface area contributed by atoms with E-state index in [1.54, 1.807) is 0 Å². The Morgan fingerprint density at radius 1 is 0.413 bits per heavy atom. The fraction of sp³-hybridized carbons (Fsp3) is 0.0667. The van der Waals surface area contributed by atoms with Crippen LogP contribution in [-0.2, 0) is 5.41 Å². The summed E-state index contributed by atoms with van der Waals surface area (Å²) in [5.74, 6) is 0. The smallest absolute Gasteiger partial charge is 0.0552 e. The molecule has 0 N–H and O–H groups in total. The Morgan fingerprint density at radius 3 is 1.96 bits per heavy atom. The number of nitrogens with zero attached hydrogens (tertiary/aromatic N) is 1. The van der Waals surface area contributed by atoms with Gasteiger partial charge in [-0.2, -0.15) is 0 Å². The van der Waals surface area contributed by atoms with Crippen LogP contribution in [0.3, 0.4) is 0 Å². The highest BCUT2D eigenvalue weighted by Crippen LogP contribution is 2.52. The van der Waals surface area contributed by atoms with Crippen molar-refractivity contribution in [3.8, 4) is 22.3 Å². The first-order chi connectivity index (χ1) is 22.6. The molecule has 1 aliphatic rings. The van der Waals surface area contributed by atoms with E-state index in [2.05, 4.69) is 183 Å². The zero-order chi connectivity index (χ0) is 30.8. The molecule has 8 aromatic carbocycles. The maximum atomic E-state index is 2.49. The zero-order valence-electron chi connectivity index (χ0n) is 26.0. The number of hydrogen-bond acceptors (Lipinski definition) is 1. The van der Waals surface area contributed by atoms with Crippen LogP contribution in [-0.4, -0.2) is 0 Å². The fourth-order valence-corrected chi connectivity index (χ4v) is 7.77. The van der Waals surface area contributed by atoms with Gasteiger partial charge in [-0.25, -0.2) is 0 Å². The van der Waals surface area contributed by atoms with Crippen LogP contribution in [0.25, 0.3) is 54.6 Å². The molecule has 1 nitrogen and oxygen atoms in total. The van der Waals surface area contributed by atoms with Gasteiger partial charge in [-0.1, -0.05) is 147 Å². The maximum Gasteiger partial charge on any atom is 0.0552 e. The van der Waals surface area contributed by atoms with E-state index in [1.165, 1.54) is 71.4 Å². The lowest BCUT2D eigenvalue weighted by atomic mass is 9.82. The largest absolute Gasteiger partial charge is 0.310 e. The fourth-order valence-electron chi connectivity index (χ4n) is 7.77. The highest BCUT2D eigenvalue weighted by molar-refractivity contribution is 6.23. The molecule has 0 unspecified atom stereocenters. The van der Waals surface area contributed by atoms with Gasteiger partial charge in [-0.3, -0.25) is 0 Å². The molecule has 0 bridgehead atoms. The molecule has 0 aromatic heterocycles. The number of fused-ring (bicyclic) bond motifs is 8. The molecule has 0 aliphatic heterocycles. The number of benzene rings is 8. The topological polar surface area (TPSA) is 3.24 Å². The van der Waals surface area contributed by atoms with Crippen LogP contribution >= 0.6 is 0 Å². The van der Waals surface area contributed by atoms with Crippen molar-refractivity contribution in [2.75, 3.05) is 4.90 Å². The molecule has 0 saturated carbocycles. The third kappa shape index (κ3) is 4.02. The zero-order valence-corrected chi connectivity index (χ0v) is 26.0. The molecule has 0 spiro atoms. The Bertz CT molecular complexity index is 2450. The Balaban J connectivity index is 1.38. The minimum absolute atomic E-state index is 0.0473. The van der Waals surface area contributed by atoms with E-state index in [9.17, 15) is 0 Å². The lowest BCUT2D eigenvalue weighted by molar-refractivity contribution is 0.660. The Kier molecular flexibility index (Phi) is 5.92. The summed E-state index contributed by atoms with van der Waals surface area (Å²) in [6.45, 7) is 4.70. The van der Waals surface area contributed by atoms with Crippen LogP contribution < -0.4 is 4.90 Å². The van der Waals surface area contributed by atoms with Crippen LogP contribution in [0.2, 0.25) is 0 Å². The minimum Gasteiger partial charge on any atom is -0.310 e. The molecule has 1 heteroatoms. The second kappa shape index (κ2) is 10.2. The normalized spacial score (nSPS) is 13.2. The van der Waals surface area contributed by atoms with Crippen molar-refractivity contribution in [3.05, 3.63) is 175 Å². The quantitative estimate of drug-likeness (QED) is 0.185. The van der Waals surface area contributed by atoms with Gasteiger partial charge in [0.25, 0.3) is 0 Å². The summed E-state index contributed by atoms with van der Waals surface area (Å²) in [4.78, 5) is 2.49. The van der Waals surface area contributed by atoms with E-state index in [0.29, 0.717) is 0 Å². The second-order valence-corrected chi connectivity index (χ2v) is 13.0. The molecule has 0 amide bonds. The highest BCUT2D eigenvalue weighted by Gasteiger charge is 2.35. The van der Waals surface area contributed by atoms with E-state index in [0.717, 1.165) is 11.4 Å². The lowest BCUT2D eigenvalue weighted by Gasteiger charge is -2.29. The molecule has 218 valence electrons. The Morgan fingerprint density at radius 2 is 1.09 bits per heavy atom. The van der Waals surface area contributed by atoms with Crippen molar-refractivity contribution >= 4 is 49.4 Å². The first-order valence-corrected chi connectivity index (χ1v) is 16.1. The summed E-state index contributed by atoms with van der Waals surface area (Å²) in [6.07, 6.45) is 0. The SMILES string of the molecule is CC1(C)c2ccccc2-c2cc(N(c3cccc(-c4ccccc4)c3)c3cc4ccccc4c4ccc5ccccc5c34)ccc21. The van der Waals surface area contributed by atoms with Crippen molar-refractivity contribution < 1.29 is 0 Å². The van der Waals surface area contributed by atoms with Gasteiger partial charge >= 0.3 is 0 Å². The first-order valence-electron chi connectivity index (χ1n) is 16.1. The van der Waals surface area contributed by atoms with Crippen LogP contribution in [0.4, 0.5) is 17.1 Å². The Labute approximate surface area is 270 Å². The lowest BCUT2D eigenvalue weighted by Crippen LogP contribution is -2.15. The van der Waals surface area contributed by atoms with Gasteiger partial charge in [0, 0.05) is 22.2 Å². The van der Waals surface area contributed by atoms with Crippen LogP contribution in [0.5, 0.6) is 0 Å². The molecule has 1 aliphatic carbocycles. The van der Waals surface area contributed by atoms with E-state index < -0.39 is 0 Å². The third-order valence-corrected chi connectivity index (χ3v) is 10.0. The summed E-state index contributed by atoms with van der Waals surface area (Å²) in [6, 6.07) is 60.3. The molecule has 46 heavy (non-hydrogen) atoms. The summed E-state index contributed by atoms with van der Waals surface area (Å²) in [5, 5.41) is 7.55. The summed E-state index contributed by atoms with van der Waals surface area (Å²) >= 11 is 0. The predicted octanol–water partition coefficient (Wildman–Crippen LogP) is 12.6. The average Bonchev–Trinajstić information content (AvgIpc) is 3.34. The van der Waals surface area contributed by atoms with Crippen molar-refractivity contribution in [2.24, 2.45) is 0 Å². The van der Waals surface area contributed by atoms with Crippen molar-refractivity contribution in [1.29, 1.82) is 0 Å². The van der Waals surface area contributed by atoms with Gasteiger partial charge in [0.2, 0.25) is 0 Å². The summed E-state index contributed by atoms with van der Waals surface area (Å²) in [7, 11) is 0. The van der Waals surface area contributed by atoms with Gasteiger partial charge in [0.05, 0.1) is 5.69 Å². The molecule has 0 heterocycles. The number of rotatable bonds is 4. The average molecular weight is 588 g/mol. The maximum absolute atomic E-state index is 2.49. The predicted molar refractivity (Wildman–Crippen MR) is 197 cm³/mol.